The van der Waals surface area contributed by atoms with Gasteiger partial charge in [0.25, 0.3) is 0 Å². The zero-order valence-corrected chi connectivity index (χ0v) is 16.0. The minimum Gasteiger partial charge on any atom is -0.465 e. The van der Waals surface area contributed by atoms with Crippen molar-refractivity contribution >= 4 is 12.0 Å². The van der Waals surface area contributed by atoms with Crippen molar-refractivity contribution in [3.05, 3.63) is 0 Å². The Morgan fingerprint density at radius 2 is 1.71 bits per heavy atom. The van der Waals surface area contributed by atoms with Gasteiger partial charge >= 0.3 is 6.09 Å². The topological polar surface area (TPSA) is 64.1 Å². The van der Waals surface area contributed by atoms with Crippen LogP contribution in [0.5, 0.6) is 0 Å². The highest BCUT2D eigenvalue weighted by Gasteiger charge is 2.57. The summed E-state index contributed by atoms with van der Waals surface area (Å²) in [6, 6.07) is -0.110. The van der Waals surface area contributed by atoms with Crippen molar-refractivity contribution in [3.63, 3.8) is 0 Å². The summed E-state index contributed by atoms with van der Waals surface area (Å²) in [5, 5.41) is 9.63. The number of hydrogen-bond acceptors (Lipinski definition) is 3. The van der Waals surface area contributed by atoms with E-state index in [9.17, 15) is 14.7 Å². The summed E-state index contributed by atoms with van der Waals surface area (Å²) in [7, 11) is 0. The first kappa shape index (κ1) is 19.0. The molecular formula is C18H33N3O3. The van der Waals surface area contributed by atoms with Crippen LogP contribution in [0.1, 0.15) is 48.0 Å². The van der Waals surface area contributed by atoms with E-state index in [0.717, 1.165) is 32.7 Å². The van der Waals surface area contributed by atoms with E-state index >= 15 is 0 Å². The largest absolute Gasteiger partial charge is 0.465 e. The van der Waals surface area contributed by atoms with Crippen LogP contribution < -0.4 is 0 Å². The lowest BCUT2D eigenvalue weighted by atomic mass is 9.57. The van der Waals surface area contributed by atoms with E-state index < -0.39 is 11.6 Å². The molecule has 2 aliphatic rings. The number of likely N-dealkylation sites (N-methyl/N-ethyl adjacent to an activating group) is 1. The first-order chi connectivity index (χ1) is 11.0. The summed E-state index contributed by atoms with van der Waals surface area (Å²) < 4.78 is 0. The fourth-order valence-electron chi connectivity index (χ4n) is 4.15. The SMILES string of the molecule is CCN1CCN(C(=O)[C@H]2CC(N(C(=O)O)C(C)(C)C)C2(C)C)CC1. The average molecular weight is 339 g/mol. The molecule has 1 unspecified atom stereocenters. The van der Waals surface area contributed by atoms with Crippen LogP contribution in [0.2, 0.25) is 0 Å². The van der Waals surface area contributed by atoms with Crippen molar-refractivity contribution in [1.82, 2.24) is 14.7 Å². The number of piperazine rings is 1. The molecule has 1 aliphatic heterocycles. The van der Waals surface area contributed by atoms with Gasteiger partial charge in [-0.3, -0.25) is 9.69 Å². The van der Waals surface area contributed by atoms with Gasteiger partial charge in [0.1, 0.15) is 0 Å². The number of carboxylic acid groups (broad SMARTS) is 1. The average Bonchev–Trinajstić information content (AvgIpc) is 2.48. The fraction of sp³-hybridized carbons (Fsp3) is 0.889. The van der Waals surface area contributed by atoms with Gasteiger partial charge in [0.05, 0.1) is 0 Å². The Balaban J connectivity index is 2.05. The van der Waals surface area contributed by atoms with Gasteiger partial charge < -0.3 is 14.9 Å². The first-order valence-corrected chi connectivity index (χ1v) is 9.03. The molecular weight excluding hydrogens is 306 g/mol. The van der Waals surface area contributed by atoms with Crippen LogP contribution in [0.4, 0.5) is 4.79 Å². The predicted molar refractivity (Wildman–Crippen MR) is 94.0 cm³/mol. The van der Waals surface area contributed by atoms with Crippen LogP contribution in [0.3, 0.4) is 0 Å². The number of carbonyl (C=O) groups excluding carboxylic acids is 1. The smallest absolute Gasteiger partial charge is 0.408 e. The Bertz CT molecular complexity index is 490. The summed E-state index contributed by atoms with van der Waals surface area (Å²) in [4.78, 5) is 30.5. The van der Waals surface area contributed by atoms with Crippen LogP contribution in [0, 0.1) is 11.3 Å². The molecule has 0 aromatic heterocycles. The van der Waals surface area contributed by atoms with Crippen molar-refractivity contribution < 1.29 is 14.7 Å². The molecule has 0 spiro atoms. The lowest BCUT2D eigenvalue weighted by molar-refractivity contribution is -0.158. The Hall–Kier alpha value is -1.30. The molecule has 2 fully saturated rings. The molecule has 6 nitrogen and oxygen atoms in total. The number of rotatable bonds is 3. The summed E-state index contributed by atoms with van der Waals surface area (Å²) in [6.07, 6.45) is -0.272. The summed E-state index contributed by atoms with van der Waals surface area (Å²) >= 11 is 0. The molecule has 24 heavy (non-hydrogen) atoms. The van der Waals surface area contributed by atoms with Gasteiger partial charge in [-0.15, -0.1) is 0 Å². The first-order valence-electron chi connectivity index (χ1n) is 9.03. The Labute approximate surface area is 145 Å². The molecule has 1 heterocycles. The van der Waals surface area contributed by atoms with Gasteiger partial charge in [0.15, 0.2) is 0 Å². The molecule has 2 amide bonds. The second-order valence-corrected chi connectivity index (χ2v) is 8.71. The van der Waals surface area contributed by atoms with Crippen LogP contribution in [-0.2, 0) is 4.79 Å². The van der Waals surface area contributed by atoms with Crippen LogP contribution in [0.15, 0.2) is 0 Å². The second kappa shape index (κ2) is 6.54. The van der Waals surface area contributed by atoms with E-state index in [1.54, 1.807) is 0 Å². The highest BCUT2D eigenvalue weighted by Crippen LogP contribution is 2.51. The molecule has 1 N–H and O–H groups in total. The molecule has 0 radical (unpaired) electrons. The van der Waals surface area contributed by atoms with Crippen LogP contribution in [0.25, 0.3) is 0 Å². The van der Waals surface area contributed by atoms with E-state index in [1.807, 2.05) is 39.5 Å². The van der Waals surface area contributed by atoms with Gasteiger partial charge in [-0.1, -0.05) is 20.8 Å². The number of amides is 2. The molecule has 2 rings (SSSR count). The lowest BCUT2D eigenvalue weighted by Gasteiger charge is -2.58. The zero-order valence-electron chi connectivity index (χ0n) is 16.0. The lowest BCUT2D eigenvalue weighted by Crippen LogP contribution is -2.67. The van der Waals surface area contributed by atoms with E-state index in [4.69, 9.17) is 0 Å². The molecule has 2 atom stereocenters. The monoisotopic (exact) mass is 339 g/mol. The maximum Gasteiger partial charge on any atom is 0.408 e. The van der Waals surface area contributed by atoms with Crippen molar-refractivity contribution in [1.29, 1.82) is 0 Å². The second-order valence-electron chi connectivity index (χ2n) is 8.71. The molecule has 0 bridgehead atoms. The van der Waals surface area contributed by atoms with E-state index in [-0.39, 0.29) is 23.3 Å². The standard InChI is InChI=1S/C18H33N3O3/c1-7-19-8-10-20(11-9-19)15(22)13-12-14(18(13,5)6)21(16(23)24)17(2,3)4/h13-14H,7-12H2,1-6H3,(H,23,24)/t13-,14?/m1/s1. The molecule has 6 heteroatoms. The zero-order chi connectivity index (χ0) is 18.3. The van der Waals surface area contributed by atoms with Crippen LogP contribution >= 0.6 is 0 Å². The number of carbonyl (C=O) groups is 2. The summed E-state index contributed by atoms with van der Waals surface area (Å²) in [5.41, 5.74) is -0.792. The Morgan fingerprint density at radius 1 is 1.17 bits per heavy atom. The summed E-state index contributed by atoms with van der Waals surface area (Å²) in [5.74, 6) is 0.117. The van der Waals surface area contributed by atoms with Gasteiger partial charge in [0, 0.05) is 43.7 Å². The molecule has 1 saturated heterocycles. The molecule has 0 aromatic rings. The normalized spacial score (nSPS) is 27.5. The Kier molecular flexibility index (Phi) is 5.19. The number of hydrogen-bond donors (Lipinski definition) is 1. The maximum absolute atomic E-state index is 12.9. The van der Waals surface area contributed by atoms with Crippen molar-refractivity contribution in [2.24, 2.45) is 11.3 Å². The van der Waals surface area contributed by atoms with Gasteiger partial charge in [-0.25, -0.2) is 4.79 Å². The van der Waals surface area contributed by atoms with Crippen LogP contribution in [-0.4, -0.2) is 76.1 Å². The van der Waals surface area contributed by atoms with E-state index in [1.165, 1.54) is 4.90 Å². The van der Waals surface area contributed by atoms with E-state index in [0.29, 0.717) is 6.42 Å². The highest BCUT2D eigenvalue weighted by molar-refractivity contribution is 5.81. The Morgan fingerprint density at radius 3 is 2.08 bits per heavy atom. The summed E-state index contributed by atoms with van der Waals surface area (Å²) in [6.45, 7) is 16.4. The third-order valence-corrected chi connectivity index (χ3v) is 5.89. The minimum atomic E-state index is -0.900. The molecule has 1 aliphatic carbocycles. The number of nitrogens with zero attached hydrogens (tertiary/aromatic N) is 3. The van der Waals surface area contributed by atoms with Gasteiger partial charge in [-0.2, -0.15) is 0 Å². The van der Waals surface area contributed by atoms with E-state index in [2.05, 4.69) is 11.8 Å². The molecule has 0 aromatic carbocycles. The maximum atomic E-state index is 12.9. The third-order valence-electron chi connectivity index (χ3n) is 5.89. The van der Waals surface area contributed by atoms with Gasteiger partial charge in [-0.05, 0) is 39.2 Å². The van der Waals surface area contributed by atoms with Crippen molar-refractivity contribution in [2.75, 3.05) is 32.7 Å². The van der Waals surface area contributed by atoms with Gasteiger partial charge in [0.2, 0.25) is 5.91 Å². The highest BCUT2D eigenvalue weighted by atomic mass is 16.4. The fourth-order valence-corrected chi connectivity index (χ4v) is 4.15. The predicted octanol–water partition coefficient (Wildman–Crippen LogP) is 2.34. The van der Waals surface area contributed by atoms with Crippen molar-refractivity contribution in [2.45, 2.75) is 59.5 Å². The quantitative estimate of drug-likeness (QED) is 0.857. The molecule has 138 valence electrons. The van der Waals surface area contributed by atoms with Crippen molar-refractivity contribution in [3.8, 4) is 0 Å². The minimum absolute atomic E-state index is 0.0834. The third kappa shape index (κ3) is 3.39. The molecule has 1 saturated carbocycles.